The van der Waals surface area contributed by atoms with Crippen LogP contribution in [0, 0.1) is 0 Å². The molecule has 2 rings (SSSR count). The van der Waals surface area contributed by atoms with Crippen LogP contribution in [-0.2, 0) is 0 Å². The Morgan fingerprint density at radius 2 is 1.76 bits per heavy atom. The lowest BCUT2D eigenvalue weighted by atomic mass is 10.3. The molecule has 1 heterocycles. The topological polar surface area (TPSA) is 60.5 Å². The Labute approximate surface area is 123 Å². The number of nitrogens with zero attached hydrogens (tertiary/aromatic N) is 1. The van der Waals surface area contributed by atoms with Crippen molar-refractivity contribution in [3.63, 3.8) is 0 Å². The average molecular weight is 286 g/mol. The number of benzene rings is 1. The Morgan fingerprint density at radius 3 is 2.38 bits per heavy atom. The molecule has 2 aromatic rings. The second-order valence-electron chi connectivity index (χ2n) is 4.77. The number of aromatic nitrogens is 1. The van der Waals surface area contributed by atoms with Gasteiger partial charge in [-0.15, -0.1) is 0 Å². The molecule has 110 valence electrons. The minimum absolute atomic E-state index is 0.241. The summed E-state index contributed by atoms with van der Waals surface area (Å²) < 4.78 is 10.3. The molecule has 0 saturated heterocycles. The number of nitrogens with one attached hydrogen (secondary N) is 1. The van der Waals surface area contributed by atoms with Gasteiger partial charge in [-0.1, -0.05) is 6.07 Å². The molecule has 0 atom stereocenters. The number of ether oxygens (including phenoxy) is 2. The number of carbonyl (C=O) groups excluding carboxylic acids is 1. The number of esters is 1. The molecule has 0 fully saturated rings. The van der Waals surface area contributed by atoms with Crippen LogP contribution in [0.4, 0.5) is 5.82 Å². The molecule has 0 unspecified atom stereocenters. The van der Waals surface area contributed by atoms with E-state index in [4.69, 9.17) is 9.47 Å². The first-order valence-corrected chi connectivity index (χ1v) is 6.68. The maximum Gasteiger partial charge on any atom is 0.362 e. The SMILES string of the molecule is COc1ccc(OC(=O)c2cccc(NC(C)C)n2)cc1. The molecule has 0 saturated carbocycles. The van der Waals surface area contributed by atoms with Gasteiger partial charge in [0.2, 0.25) is 0 Å². The maximum absolute atomic E-state index is 12.1. The summed E-state index contributed by atoms with van der Waals surface area (Å²) in [6.07, 6.45) is 0. The lowest BCUT2D eigenvalue weighted by molar-refractivity contribution is 0.0728. The summed E-state index contributed by atoms with van der Waals surface area (Å²) >= 11 is 0. The van der Waals surface area contributed by atoms with Crippen LogP contribution in [0.25, 0.3) is 0 Å². The zero-order chi connectivity index (χ0) is 15.2. The Balaban J connectivity index is 2.08. The van der Waals surface area contributed by atoms with E-state index in [9.17, 15) is 4.79 Å². The van der Waals surface area contributed by atoms with Crippen molar-refractivity contribution in [2.24, 2.45) is 0 Å². The predicted octanol–water partition coefficient (Wildman–Crippen LogP) is 3.13. The highest BCUT2D eigenvalue weighted by molar-refractivity contribution is 5.89. The predicted molar refractivity (Wildman–Crippen MR) is 80.9 cm³/mol. The van der Waals surface area contributed by atoms with Gasteiger partial charge in [-0.05, 0) is 50.2 Å². The van der Waals surface area contributed by atoms with Crippen LogP contribution in [0.2, 0.25) is 0 Å². The summed E-state index contributed by atoms with van der Waals surface area (Å²) in [7, 11) is 1.58. The summed E-state index contributed by atoms with van der Waals surface area (Å²) in [5.74, 6) is 1.31. The molecule has 21 heavy (non-hydrogen) atoms. The molecule has 0 amide bonds. The highest BCUT2D eigenvalue weighted by Gasteiger charge is 2.11. The molecule has 1 aromatic carbocycles. The summed E-state index contributed by atoms with van der Waals surface area (Å²) in [4.78, 5) is 16.3. The molecule has 0 spiro atoms. The molecule has 1 aromatic heterocycles. The first-order valence-electron chi connectivity index (χ1n) is 6.68. The number of pyridine rings is 1. The number of hydrogen-bond acceptors (Lipinski definition) is 5. The number of methoxy groups -OCH3 is 1. The molecule has 5 heteroatoms. The van der Waals surface area contributed by atoms with Crippen LogP contribution < -0.4 is 14.8 Å². The van der Waals surface area contributed by atoms with Crippen molar-refractivity contribution < 1.29 is 14.3 Å². The van der Waals surface area contributed by atoms with Gasteiger partial charge in [0.25, 0.3) is 0 Å². The van der Waals surface area contributed by atoms with Gasteiger partial charge in [-0.25, -0.2) is 9.78 Å². The average Bonchev–Trinajstić information content (AvgIpc) is 2.47. The summed E-state index contributed by atoms with van der Waals surface area (Å²) in [5, 5.41) is 3.14. The highest BCUT2D eigenvalue weighted by Crippen LogP contribution is 2.18. The molecular weight excluding hydrogens is 268 g/mol. The van der Waals surface area contributed by atoms with Crippen LogP contribution in [0.15, 0.2) is 42.5 Å². The van der Waals surface area contributed by atoms with Gasteiger partial charge in [-0.3, -0.25) is 0 Å². The van der Waals surface area contributed by atoms with E-state index in [2.05, 4.69) is 10.3 Å². The van der Waals surface area contributed by atoms with Crippen molar-refractivity contribution in [3.8, 4) is 11.5 Å². The molecule has 5 nitrogen and oxygen atoms in total. The van der Waals surface area contributed by atoms with Crippen molar-refractivity contribution in [1.82, 2.24) is 4.98 Å². The fraction of sp³-hybridized carbons (Fsp3) is 0.250. The molecule has 0 aliphatic rings. The van der Waals surface area contributed by atoms with Crippen LogP contribution >= 0.6 is 0 Å². The zero-order valence-corrected chi connectivity index (χ0v) is 12.3. The van der Waals surface area contributed by atoms with E-state index < -0.39 is 5.97 Å². The molecule has 0 bridgehead atoms. The minimum Gasteiger partial charge on any atom is -0.497 e. The smallest absolute Gasteiger partial charge is 0.362 e. The quantitative estimate of drug-likeness (QED) is 0.676. The maximum atomic E-state index is 12.1. The van der Waals surface area contributed by atoms with Crippen molar-refractivity contribution in [1.29, 1.82) is 0 Å². The summed E-state index contributed by atoms with van der Waals surface area (Å²) in [5.41, 5.74) is 0.261. The summed E-state index contributed by atoms with van der Waals surface area (Å²) in [6.45, 7) is 4.01. The third kappa shape index (κ3) is 4.21. The monoisotopic (exact) mass is 286 g/mol. The fourth-order valence-electron chi connectivity index (χ4n) is 1.73. The molecular formula is C16H18N2O3. The number of anilines is 1. The standard InChI is InChI=1S/C16H18N2O3/c1-11(2)17-15-6-4-5-14(18-15)16(19)21-13-9-7-12(20-3)8-10-13/h4-11H,1-3H3,(H,17,18). The van der Waals surface area contributed by atoms with E-state index in [0.29, 0.717) is 17.3 Å². The first kappa shape index (κ1) is 14.8. The normalized spacial score (nSPS) is 10.3. The molecule has 1 N–H and O–H groups in total. The Morgan fingerprint density at radius 1 is 1.10 bits per heavy atom. The van der Waals surface area contributed by atoms with Gasteiger partial charge in [0.15, 0.2) is 5.69 Å². The van der Waals surface area contributed by atoms with Gasteiger partial charge < -0.3 is 14.8 Å². The lowest BCUT2D eigenvalue weighted by Gasteiger charge is -2.10. The van der Waals surface area contributed by atoms with Crippen molar-refractivity contribution >= 4 is 11.8 Å². The van der Waals surface area contributed by atoms with Crippen molar-refractivity contribution in [2.75, 3.05) is 12.4 Å². The van der Waals surface area contributed by atoms with E-state index in [1.807, 2.05) is 19.9 Å². The van der Waals surface area contributed by atoms with Gasteiger partial charge >= 0.3 is 5.97 Å². The van der Waals surface area contributed by atoms with E-state index in [-0.39, 0.29) is 11.7 Å². The Hall–Kier alpha value is -2.56. The van der Waals surface area contributed by atoms with Gasteiger partial charge in [0, 0.05) is 6.04 Å². The van der Waals surface area contributed by atoms with Gasteiger partial charge in [-0.2, -0.15) is 0 Å². The molecule has 0 aliphatic carbocycles. The second-order valence-corrected chi connectivity index (χ2v) is 4.77. The van der Waals surface area contributed by atoms with E-state index in [1.54, 1.807) is 43.5 Å². The second kappa shape index (κ2) is 6.74. The largest absolute Gasteiger partial charge is 0.497 e. The van der Waals surface area contributed by atoms with Crippen molar-refractivity contribution in [2.45, 2.75) is 19.9 Å². The first-order chi connectivity index (χ1) is 10.1. The molecule has 0 aliphatic heterocycles. The van der Waals surface area contributed by atoms with Crippen molar-refractivity contribution in [3.05, 3.63) is 48.2 Å². The Kier molecular flexibility index (Phi) is 4.77. The fourth-order valence-corrected chi connectivity index (χ4v) is 1.73. The van der Waals surface area contributed by atoms with Crippen LogP contribution in [0.1, 0.15) is 24.3 Å². The summed E-state index contributed by atoms with van der Waals surface area (Å²) in [6, 6.07) is 12.2. The van der Waals surface area contributed by atoms with E-state index in [0.717, 1.165) is 0 Å². The third-order valence-corrected chi connectivity index (χ3v) is 2.66. The number of rotatable bonds is 5. The third-order valence-electron chi connectivity index (χ3n) is 2.66. The lowest BCUT2D eigenvalue weighted by Crippen LogP contribution is -2.15. The van der Waals surface area contributed by atoms with Crippen LogP contribution in [-0.4, -0.2) is 24.1 Å². The van der Waals surface area contributed by atoms with Crippen LogP contribution in [0.3, 0.4) is 0 Å². The highest BCUT2D eigenvalue weighted by atomic mass is 16.5. The van der Waals surface area contributed by atoms with Gasteiger partial charge in [0.1, 0.15) is 17.3 Å². The number of carbonyl (C=O) groups is 1. The zero-order valence-electron chi connectivity index (χ0n) is 12.3. The minimum atomic E-state index is -0.493. The van der Waals surface area contributed by atoms with Gasteiger partial charge in [0.05, 0.1) is 7.11 Å². The van der Waals surface area contributed by atoms with E-state index in [1.165, 1.54) is 0 Å². The number of hydrogen-bond donors (Lipinski definition) is 1. The van der Waals surface area contributed by atoms with E-state index >= 15 is 0 Å². The van der Waals surface area contributed by atoms with Crippen LogP contribution in [0.5, 0.6) is 11.5 Å². The Bertz CT molecular complexity index is 609. The molecule has 0 radical (unpaired) electrons.